The first-order valence-corrected chi connectivity index (χ1v) is 9.48. The molecule has 132 valence electrons. The van der Waals surface area contributed by atoms with Gasteiger partial charge in [-0.15, -0.1) is 0 Å². The van der Waals surface area contributed by atoms with Gasteiger partial charge in [-0.25, -0.2) is 9.36 Å². The van der Waals surface area contributed by atoms with Crippen molar-refractivity contribution in [3.63, 3.8) is 0 Å². The highest BCUT2D eigenvalue weighted by Crippen LogP contribution is 2.41. The predicted molar refractivity (Wildman–Crippen MR) is 107 cm³/mol. The van der Waals surface area contributed by atoms with Crippen LogP contribution < -0.4 is 11.2 Å². The maximum Gasteiger partial charge on any atom is 0.333 e. The van der Waals surface area contributed by atoms with Gasteiger partial charge in [-0.05, 0) is 42.7 Å². The van der Waals surface area contributed by atoms with Crippen LogP contribution in [0.25, 0.3) is 16.9 Å². The predicted octanol–water partition coefficient (Wildman–Crippen LogP) is 4.18. The van der Waals surface area contributed by atoms with Gasteiger partial charge in [-0.2, -0.15) is 0 Å². The molecule has 0 spiro atoms. The molecule has 26 heavy (non-hydrogen) atoms. The van der Waals surface area contributed by atoms with Crippen molar-refractivity contribution in [1.82, 2.24) is 9.55 Å². The van der Waals surface area contributed by atoms with Gasteiger partial charge in [0.2, 0.25) is 0 Å². The van der Waals surface area contributed by atoms with Gasteiger partial charge in [-0.3, -0.25) is 4.79 Å². The van der Waals surface area contributed by atoms with Gasteiger partial charge >= 0.3 is 5.69 Å². The highest BCUT2D eigenvalue weighted by Gasteiger charge is 2.37. The lowest BCUT2D eigenvalue weighted by Crippen LogP contribution is -2.44. The molecule has 4 rings (SSSR count). The molecular weight excluding hydrogens is 392 g/mol. The number of fused-ring (bicyclic) bond motifs is 3. The second-order valence-electron chi connectivity index (χ2n) is 7.05. The average Bonchev–Trinajstić information content (AvgIpc) is 2.63. The number of nitrogens with one attached hydrogen (secondary N) is 1. The maximum absolute atomic E-state index is 13.4. The fourth-order valence-electron chi connectivity index (χ4n) is 3.85. The van der Waals surface area contributed by atoms with Crippen molar-refractivity contribution >= 4 is 15.9 Å². The molecule has 0 aliphatic heterocycles. The quantitative estimate of drug-likeness (QED) is 0.688. The highest BCUT2D eigenvalue weighted by atomic mass is 79.9. The topological polar surface area (TPSA) is 54.9 Å². The van der Waals surface area contributed by atoms with Crippen LogP contribution in [0.15, 0.2) is 62.6 Å². The number of aromatic amines is 1. The summed E-state index contributed by atoms with van der Waals surface area (Å²) in [6, 6.07) is 15.2. The Balaban J connectivity index is 2.08. The van der Waals surface area contributed by atoms with Gasteiger partial charge < -0.3 is 4.98 Å². The minimum absolute atomic E-state index is 0.232. The molecule has 1 atom stereocenters. The van der Waals surface area contributed by atoms with Gasteiger partial charge in [0.1, 0.15) is 0 Å². The molecule has 0 bridgehead atoms. The fraction of sp³-hybridized carbons (Fsp3) is 0.238. The number of benzene rings is 2. The second kappa shape index (κ2) is 6.09. The van der Waals surface area contributed by atoms with E-state index in [0.717, 1.165) is 22.9 Å². The van der Waals surface area contributed by atoms with Gasteiger partial charge in [0.15, 0.2) is 0 Å². The molecule has 0 fully saturated rings. The maximum atomic E-state index is 13.4. The Bertz CT molecular complexity index is 1110. The van der Waals surface area contributed by atoms with Crippen molar-refractivity contribution in [2.24, 2.45) is 0 Å². The Morgan fingerprint density at radius 3 is 2.50 bits per heavy atom. The molecule has 1 aromatic heterocycles. The molecule has 3 aromatic rings. The van der Waals surface area contributed by atoms with Crippen molar-refractivity contribution in [2.45, 2.75) is 32.1 Å². The monoisotopic (exact) mass is 410 g/mol. The third-order valence-electron chi connectivity index (χ3n) is 5.44. The Morgan fingerprint density at radius 1 is 1.12 bits per heavy atom. The van der Waals surface area contributed by atoms with Crippen molar-refractivity contribution in [1.29, 1.82) is 0 Å². The van der Waals surface area contributed by atoms with E-state index in [4.69, 9.17) is 0 Å². The molecule has 0 saturated heterocycles. The van der Waals surface area contributed by atoms with Crippen LogP contribution in [0.4, 0.5) is 0 Å². The molecule has 0 amide bonds. The summed E-state index contributed by atoms with van der Waals surface area (Å²) in [5.41, 5.74) is 3.09. The average molecular weight is 411 g/mol. The van der Waals surface area contributed by atoms with E-state index in [0.29, 0.717) is 16.9 Å². The van der Waals surface area contributed by atoms with Crippen molar-refractivity contribution in [2.75, 3.05) is 0 Å². The third-order valence-corrected chi connectivity index (χ3v) is 5.97. The van der Waals surface area contributed by atoms with E-state index in [1.165, 1.54) is 10.1 Å². The minimum atomic E-state index is -0.411. The first-order valence-electron chi connectivity index (χ1n) is 8.68. The van der Waals surface area contributed by atoms with Gasteiger partial charge in [-0.1, -0.05) is 54.0 Å². The molecule has 2 aromatic carbocycles. The van der Waals surface area contributed by atoms with Crippen LogP contribution in [0.1, 0.15) is 31.4 Å². The largest absolute Gasteiger partial charge is 0.333 e. The number of aromatic nitrogens is 2. The van der Waals surface area contributed by atoms with Gasteiger partial charge in [0.05, 0.1) is 11.4 Å². The summed E-state index contributed by atoms with van der Waals surface area (Å²) in [6.07, 6.45) is 1.60. The summed E-state index contributed by atoms with van der Waals surface area (Å²) in [6.45, 7) is 4.19. The minimum Gasteiger partial charge on any atom is -0.306 e. The Morgan fingerprint density at radius 2 is 1.81 bits per heavy atom. The lowest BCUT2D eigenvalue weighted by Gasteiger charge is -2.35. The SMILES string of the molecule is CC[C@@]1(C)Cc2ccccc2-c2[nH]c(=O)n(-c3ccc(Br)cc3)c(=O)c21. The lowest BCUT2D eigenvalue weighted by atomic mass is 9.69. The van der Waals surface area contributed by atoms with Crippen molar-refractivity contribution in [3.8, 4) is 16.9 Å². The fourth-order valence-corrected chi connectivity index (χ4v) is 4.12. The Hall–Kier alpha value is -2.40. The summed E-state index contributed by atoms with van der Waals surface area (Å²) in [7, 11) is 0. The number of hydrogen-bond donors (Lipinski definition) is 1. The zero-order chi connectivity index (χ0) is 18.5. The van der Waals surface area contributed by atoms with Crippen molar-refractivity contribution < 1.29 is 0 Å². The molecule has 0 saturated carbocycles. The van der Waals surface area contributed by atoms with Crippen molar-refractivity contribution in [3.05, 3.63) is 85.0 Å². The molecule has 5 heteroatoms. The Kier molecular flexibility index (Phi) is 3.99. The molecular formula is C21H19BrN2O2. The third kappa shape index (κ3) is 2.50. The van der Waals surface area contributed by atoms with Crippen LogP contribution in [-0.2, 0) is 11.8 Å². The van der Waals surface area contributed by atoms with Crippen LogP contribution in [0.2, 0.25) is 0 Å². The number of hydrogen-bond acceptors (Lipinski definition) is 2. The van der Waals surface area contributed by atoms with E-state index >= 15 is 0 Å². The van der Waals surface area contributed by atoms with Crippen LogP contribution in [0, 0.1) is 0 Å². The van der Waals surface area contributed by atoms with Gasteiger partial charge in [0.25, 0.3) is 5.56 Å². The molecule has 1 aliphatic rings. The molecule has 0 unspecified atom stereocenters. The van der Waals surface area contributed by atoms with E-state index in [2.05, 4.69) is 40.8 Å². The number of H-pyrrole nitrogens is 1. The zero-order valence-electron chi connectivity index (χ0n) is 14.7. The van der Waals surface area contributed by atoms with Crippen LogP contribution in [-0.4, -0.2) is 9.55 Å². The number of nitrogens with zero attached hydrogens (tertiary/aromatic N) is 1. The van der Waals surface area contributed by atoms with E-state index in [-0.39, 0.29) is 11.0 Å². The number of halogens is 1. The first-order chi connectivity index (χ1) is 12.4. The first kappa shape index (κ1) is 17.0. The summed E-state index contributed by atoms with van der Waals surface area (Å²) in [5.74, 6) is 0. The summed E-state index contributed by atoms with van der Waals surface area (Å²) < 4.78 is 2.14. The van der Waals surface area contributed by atoms with E-state index < -0.39 is 5.69 Å². The number of rotatable bonds is 2. The van der Waals surface area contributed by atoms with Gasteiger partial charge in [0, 0.05) is 21.0 Å². The normalized spacial score (nSPS) is 18.3. The lowest BCUT2D eigenvalue weighted by molar-refractivity contribution is 0.437. The Labute approximate surface area is 159 Å². The smallest absolute Gasteiger partial charge is 0.306 e. The molecule has 0 radical (unpaired) electrons. The van der Waals surface area contributed by atoms with E-state index in [9.17, 15) is 9.59 Å². The highest BCUT2D eigenvalue weighted by molar-refractivity contribution is 9.10. The van der Waals surface area contributed by atoms with E-state index in [1.807, 2.05) is 30.3 Å². The molecule has 1 aliphatic carbocycles. The summed E-state index contributed by atoms with van der Waals surface area (Å²) >= 11 is 3.39. The standard InChI is InChI=1S/C21H19BrN2O2/c1-3-21(2)12-13-6-4-5-7-16(13)18-17(21)19(25)24(20(26)23-18)15-10-8-14(22)9-11-15/h4-11H,3,12H2,1-2H3,(H,23,26)/t21-/m0/s1. The molecule has 1 N–H and O–H groups in total. The second-order valence-corrected chi connectivity index (χ2v) is 7.96. The molecule has 4 nitrogen and oxygen atoms in total. The molecule has 1 heterocycles. The van der Waals surface area contributed by atoms with Crippen LogP contribution >= 0.6 is 15.9 Å². The van der Waals surface area contributed by atoms with Crippen LogP contribution in [0.3, 0.4) is 0 Å². The summed E-state index contributed by atoms with van der Waals surface area (Å²) in [4.78, 5) is 29.2. The summed E-state index contributed by atoms with van der Waals surface area (Å²) in [5, 5.41) is 0. The van der Waals surface area contributed by atoms with E-state index in [1.54, 1.807) is 12.1 Å². The zero-order valence-corrected chi connectivity index (χ0v) is 16.3. The van der Waals surface area contributed by atoms with Crippen LogP contribution in [0.5, 0.6) is 0 Å².